The zero-order chi connectivity index (χ0) is 9.26. The van der Waals surface area contributed by atoms with Gasteiger partial charge in [0, 0.05) is 13.3 Å². The number of hydrogen-bond acceptors (Lipinski definition) is 2. The van der Waals surface area contributed by atoms with E-state index in [1.165, 1.54) is 5.56 Å². The second kappa shape index (κ2) is 3.64. The van der Waals surface area contributed by atoms with Gasteiger partial charge in [0.05, 0.1) is 6.10 Å². The highest BCUT2D eigenvalue weighted by Gasteiger charge is 2.30. The molecule has 1 fully saturated rings. The van der Waals surface area contributed by atoms with Crippen molar-refractivity contribution in [1.82, 2.24) is 4.98 Å². The van der Waals surface area contributed by atoms with E-state index < -0.39 is 0 Å². The molecule has 1 aromatic rings. The van der Waals surface area contributed by atoms with E-state index in [-0.39, 0.29) is 0 Å². The van der Waals surface area contributed by atoms with E-state index in [4.69, 9.17) is 16.3 Å². The van der Waals surface area contributed by atoms with Gasteiger partial charge in [0.1, 0.15) is 5.15 Å². The molecule has 3 heteroatoms. The largest absolute Gasteiger partial charge is 0.381 e. The third-order valence-electron chi connectivity index (χ3n) is 2.65. The molecule has 0 N–H and O–H groups in total. The molecule has 1 aliphatic carbocycles. The lowest BCUT2D eigenvalue weighted by atomic mass is 9.78. The standard InChI is InChI=1S/C10H12ClNO/c1-13-9-4-8(5-9)7-2-3-10(11)12-6-7/h2-3,6,8-9H,4-5H2,1H3. The van der Waals surface area contributed by atoms with Gasteiger partial charge in [0.2, 0.25) is 0 Å². The highest BCUT2D eigenvalue weighted by atomic mass is 35.5. The molecule has 0 radical (unpaired) electrons. The van der Waals surface area contributed by atoms with E-state index in [0.717, 1.165) is 12.8 Å². The molecule has 0 saturated heterocycles. The molecular weight excluding hydrogens is 186 g/mol. The normalized spacial score (nSPS) is 26.9. The summed E-state index contributed by atoms with van der Waals surface area (Å²) >= 11 is 5.70. The minimum Gasteiger partial charge on any atom is -0.381 e. The minimum absolute atomic E-state index is 0.445. The number of methoxy groups -OCH3 is 1. The molecule has 70 valence electrons. The van der Waals surface area contributed by atoms with Crippen molar-refractivity contribution in [2.45, 2.75) is 24.9 Å². The van der Waals surface area contributed by atoms with Gasteiger partial charge in [0.15, 0.2) is 0 Å². The van der Waals surface area contributed by atoms with Gasteiger partial charge >= 0.3 is 0 Å². The zero-order valence-electron chi connectivity index (χ0n) is 7.53. The van der Waals surface area contributed by atoms with Crippen molar-refractivity contribution in [3.05, 3.63) is 29.0 Å². The zero-order valence-corrected chi connectivity index (χ0v) is 8.29. The quantitative estimate of drug-likeness (QED) is 0.680. The number of nitrogens with zero attached hydrogens (tertiary/aromatic N) is 1. The highest BCUT2D eigenvalue weighted by molar-refractivity contribution is 6.29. The van der Waals surface area contributed by atoms with Crippen LogP contribution in [0.5, 0.6) is 0 Å². The third kappa shape index (κ3) is 1.84. The monoisotopic (exact) mass is 197 g/mol. The number of aromatic nitrogens is 1. The van der Waals surface area contributed by atoms with Crippen LogP contribution in [0.2, 0.25) is 5.15 Å². The van der Waals surface area contributed by atoms with Gasteiger partial charge in [-0.1, -0.05) is 17.7 Å². The lowest BCUT2D eigenvalue weighted by Crippen LogP contribution is -2.28. The molecule has 0 aromatic carbocycles. The average Bonchev–Trinajstić information content (AvgIpc) is 2.06. The molecule has 13 heavy (non-hydrogen) atoms. The van der Waals surface area contributed by atoms with Crippen molar-refractivity contribution in [3.8, 4) is 0 Å². The summed E-state index contributed by atoms with van der Waals surface area (Å²) in [6, 6.07) is 3.89. The molecule has 0 bridgehead atoms. The second-order valence-electron chi connectivity index (χ2n) is 3.44. The first-order valence-electron chi connectivity index (χ1n) is 4.44. The molecule has 1 aliphatic rings. The van der Waals surface area contributed by atoms with Gasteiger partial charge in [-0.15, -0.1) is 0 Å². The van der Waals surface area contributed by atoms with Crippen LogP contribution in [-0.4, -0.2) is 18.2 Å². The predicted molar refractivity (Wildman–Crippen MR) is 52.0 cm³/mol. The van der Waals surface area contributed by atoms with E-state index in [1.54, 1.807) is 7.11 Å². The Morgan fingerprint density at radius 2 is 2.23 bits per heavy atom. The first-order chi connectivity index (χ1) is 6.29. The molecule has 0 unspecified atom stereocenters. The highest BCUT2D eigenvalue weighted by Crippen LogP contribution is 2.38. The lowest BCUT2D eigenvalue weighted by Gasteiger charge is -2.34. The molecule has 0 amide bonds. The number of hydrogen-bond donors (Lipinski definition) is 0. The van der Waals surface area contributed by atoms with Gasteiger partial charge in [-0.2, -0.15) is 0 Å². The predicted octanol–water partition coefficient (Wildman–Crippen LogP) is 2.63. The van der Waals surface area contributed by atoms with Crippen LogP contribution in [0, 0.1) is 0 Å². The fraction of sp³-hybridized carbons (Fsp3) is 0.500. The third-order valence-corrected chi connectivity index (χ3v) is 2.87. The minimum atomic E-state index is 0.445. The van der Waals surface area contributed by atoms with Crippen LogP contribution in [0.3, 0.4) is 0 Å². The Balaban J connectivity index is 1.99. The molecular formula is C10H12ClNO. The van der Waals surface area contributed by atoms with Gasteiger partial charge in [-0.3, -0.25) is 0 Å². The van der Waals surface area contributed by atoms with Gasteiger partial charge in [-0.25, -0.2) is 4.98 Å². The lowest BCUT2D eigenvalue weighted by molar-refractivity contribution is 0.0257. The van der Waals surface area contributed by atoms with Crippen molar-refractivity contribution in [2.24, 2.45) is 0 Å². The molecule has 1 saturated carbocycles. The fourth-order valence-corrected chi connectivity index (χ4v) is 1.77. The summed E-state index contributed by atoms with van der Waals surface area (Å²) in [5.74, 6) is 0.620. The molecule has 2 rings (SSSR count). The molecule has 1 heterocycles. The Labute approximate surface area is 82.9 Å². The summed E-state index contributed by atoms with van der Waals surface area (Å²) in [6.07, 6.45) is 4.53. The summed E-state index contributed by atoms with van der Waals surface area (Å²) < 4.78 is 5.22. The van der Waals surface area contributed by atoms with Crippen LogP contribution >= 0.6 is 11.6 Å². The van der Waals surface area contributed by atoms with Gasteiger partial charge < -0.3 is 4.74 Å². The van der Waals surface area contributed by atoms with Gasteiger partial charge in [-0.05, 0) is 30.4 Å². The first-order valence-corrected chi connectivity index (χ1v) is 4.81. The average molecular weight is 198 g/mol. The van der Waals surface area contributed by atoms with Crippen LogP contribution in [0.15, 0.2) is 18.3 Å². The molecule has 0 aliphatic heterocycles. The molecule has 1 aromatic heterocycles. The summed E-state index contributed by atoms with van der Waals surface area (Å²) in [4.78, 5) is 4.06. The van der Waals surface area contributed by atoms with Crippen molar-refractivity contribution in [2.75, 3.05) is 7.11 Å². The Morgan fingerprint density at radius 1 is 1.46 bits per heavy atom. The van der Waals surface area contributed by atoms with Crippen molar-refractivity contribution < 1.29 is 4.74 Å². The van der Waals surface area contributed by atoms with E-state index in [2.05, 4.69) is 4.98 Å². The van der Waals surface area contributed by atoms with Crippen LogP contribution in [-0.2, 0) is 4.74 Å². The maximum Gasteiger partial charge on any atom is 0.129 e. The maximum absolute atomic E-state index is 5.70. The number of pyridine rings is 1. The van der Waals surface area contributed by atoms with Gasteiger partial charge in [0.25, 0.3) is 0 Å². The molecule has 2 nitrogen and oxygen atoms in total. The smallest absolute Gasteiger partial charge is 0.129 e. The van der Waals surface area contributed by atoms with Crippen LogP contribution < -0.4 is 0 Å². The topological polar surface area (TPSA) is 22.1 Å². The SMILES string of the molecule is COC1CC(c2ccc(Cl)nc2)C1. The van der Waals surface area contributed by atoms with Crippen LogP contribution in [0.4, 0.5) is 0 Å². The summed E-state index contributed by atoms with van der Waals surface area (Å²) in [5, 5.41) is 0.561. The summed E-state index contributed by atoms with van der Waals surface area (Å²) in [5.41, 5.74) is 1.28. The van der Waals surface area contributed by atoms with E-state index in [1.807, 2.05) is 18.3 Å². The van der Waals surface area contributed by atoms with Crippen molar-refractivity contribution >= 4 is 11.6 Å². The fourth-order valence-electron chi connectivity index (χ4n) is 1.66. The number of ether oxygens (including phenoxy) is 1. The second-order valence-corrected chi connectivity index (χ2v) is 3.83. The summed E-state index contributed by atoms with van der Waals surface area (Å²) in [7, 11) is 1.76. The van der Waals surface area contributed by atoms with E-state index in [9.17, 15) is 0 Å². The maximum atomic E-state index is 5.70. The van der Waals surface area contributed by atoms with E-state index >= 15 is 0 Å². The Bertz CT molecular complexity index is 279. The van der Waals surface area contributed by atoms with Crippen molar-refractivity contribution in [3.63, 3.8) is 0 Å². The Morgan fingerprint density at radius 3 is 2.77 bits per heavy atom. The Kier molecular flexibility index (Phi) is 2.51. The number of halogens is 1. The molecule has 0 spiro atoms. The summed E-state index contributed by atoms with van der Waals surface area (Å²) in [6.45, 7) is 0. The van der Waals surface area contributed by atoms with E-state index in [0.29, 0.717) is 17.2 Å². The Hall–Kier alpha value is -0.600. The number of rotatable bonds is 2. The first kappa shape index (κ1) is 8.97. The molecule has 0 atom stereocenters. The van der Waals surface area contributed by atoms with Crippen molar-refractivity contribution in [1.29, 1.82) is 0 Å². The van der Waals surface area contributed by atoms with Crippen LogP contribution in [0.25, 0.3) is 0 Å². The van der Waals surface area contributed by atoms with Crippen LogP contribution in [0.1, 0.15) is 24.3 Å².